The molecule has 0 aliphatic rings. The zero-order valence-electron chi connectivity index (χ0n) is 15.2. The number of alkyl halides is 2. The van der Waals surface area contributed by atoms with Crippen molar-refractivity contribution in [1.29, 1.82) is 0 Å². The topological polar surface area (TPSA) is 71.7 Å². The zero-order chi connectivity index (χ0) is 19.9. The number of nitrogens with zero attached hydrogens (tertiary/aromatic N) is 2. The molecule has 3 rings (SSSR count). The van der Waals surface area contributed by atoms with Crippen molar-refractivity contribution in [3.05, 3.63) is 58.3 Å². The van der Waals surface area contributed by atoms with E-state index in [0.717, 1.165) is 4.88 Å². The van der Waals surface area contributed by atoms with Crippen LogP contribution in [0.5, 0.6) is 5.75 Å². The number of nitrogens with one attached hydrogen (secondary N) is 2. The lowest BCUT2D eigenvalue weighted by atomic mass is 10.2. The summed E-state index contributed by atoms with van der Waals surface area (Å²) in [7, 11) is 1.60. The number of rotatable bonds is 7. The van der Waals surface area contributed by atoms with Crippen molar-refractivity contribution in [2.24, 2.45) is 4.99 Å². The predicted molar refractivity (Wildman–Crippen MR) is 120 cm³/mol. The van der Waals surface area contributed by atoms with Gasteiger partial charge in [0.2, 0.25) is 5.89 Å². The third-order valence-corrected chi connectivity index (χ3v) is 4.72. The highest BCUT2D eigenvalue weighted by molar-refractivity contribution is 14.0. The van der Waals surface area contributed by atoms with Crippen LogP contribution in [0.1, 0.15) is 11.3 Å². The molecule has 3 aromatic rings. The summed E-state index contributed by atoms with van der Waals surface area (Å²) in [6.07, 6.45) is 1.57. The third-order valence-electron chi connectivity index (χ3n) is 3.63. The number of aliphatic imine (C=N–C) groups is 1. The van der Waals surface area contributed by atoms with Crippen LogP contribution in [0.3, 0.4) is 0 Å². The zero-order valence-corrected chi connectivity index (χ0v) is 19.1. The Bertz CT molecular complexity index is 938. The lowest BCUT2D eigenvalue weighted by Gasteiger charge is -2.14. The molecule has 0 atom stereocenters. The molecule has 1 aromatic carbocycles. The average Bonchev–Trinajstić information content (AvgIpc) is 3.35. The van der Waals surface area contributed by atoms with Gasteiger partial charge in [-0.25, -0.2) is 4.98 Å². The molecule has 2 N–H and O–H groups in total. The van der Waals surface area contributed by atoms with Gasteiger partial charge in [0.15, 0.2) is 5.96 Å². The molecule has 156 valence electrons. The molecule has 0 amide bonds. The molecule has 0 bridgehead atoms. The largest absolute Gasteiger partial charge is 0.443 e. The summed E-state index contributed by atoms with van der Waals surface area (Å²) in [5, 5.41) is 8.49. The van der Waals surface area contributed by atoms with E-state index >= 15 is 0 Å². The van der Waals surface area contributed by atoms with Gasteiger partial charge in [0.05, 0.1) is 17.1 Å². The van der Waals surface area contributed by atoms with Crippen LogP contribution in [-0.4, -0.2) is 24.6 Å². The van der Waals surface area contributed by atoms with Gasteiger partial charge in [0.1, 0.15) is 12.0 Å². The van der Waals surface area contributed by atoms with Gasteiger partial charge in [-0.2, -0.15) is 8.78 Å². The molecule has 0 fully saturated rings. The Labute approximate surface area is 192 Å². The highest BCUT2D eigenvalue weighted by Crippen LogP contribution is 2.25. The van der Waals surface area contributed by atoms with Crippen molar-refractivity contribution in [2.75, 3.05) is 7.05 Å². The SMILES string of the molecule is CN=C(NCc1coc(-c2cccs2)n1)NCc1cc(Cl)ccc1OC(F)F.I. The number of guanidine groups is 1. The molecule has 0 unspecified atom stereocenters. The van der Waals surface area contributed by atoms with Crippen molar-refractivity contribution in [3.63, 3.8) is 0 Å². The maximum absolute atomic E-state index is 12.6. The van der Waals surface area contributed by atoms with E-state index in [4.69, 9.17) is 16.0 Å². The minimum Gasteiger partial charge on any atom is -0.443 e. The summed E-state index contributed by atoms with van der Waals surface area (Å²) < 4.78 is 35.1. The van der Waals surface area contributed by atoms with Gasteiger partial charge in [-0.05, 0) is 29.6 Å². The van der Waals surface area contributed by atoms with E-state index in [9.17, 15) is 8.78 Å². The van der Waals surface area contributed by atoms with Crippen LogP contribution < -0.4 is 15.4 Å². The molecule has 0 aliphatic carbocycles. The van der Waals surface area contributed by atoms with Crippen molar-refractivity contribution < 1.29 is 17.9 Å². The Morgan fingerprint density at radius 1 is 1.31 bits per heavy atom. The van der Waals surface area contributed by atoms with Gasteiger partial charge < -0.3 is 19.8 Å². The van der Waals surface area contributed by atoms with Crippen LogP contribution in [0.25, 0.3) is 10.8 Å². The highest BCUT2D eigenvalue weighted by atomic mass is 127. The minimum absolute atomic E-state index is 0. The minimum atomic E-state index is -2.91. The van der Waals surface area contributed by atoms with Crippen LogP contribution in [-0.2, 0) is 13.1 Å². The Hall–Kier alpha value is -1.92. The Kier molecular flexibility index (Phi) is 9.11. The molecule has 0 radical (unpaired) electrons. The first kappa shape index (κ1) is 23.4. The molecular formula is C18H18ClF2IN4O2S. The third kappa shape index (κ3) is 6.82. The Balaban J connectivity index is 0.00000300. The maximum atomic E-state index is 12.6. The Morgan fingerprint density at radius 2 is 2.10 bits per heavy atom. The fraction of sp³-hybridized carbons (Fsp3) is 0.222. The van der Waals surface area contributed by atoms with E-state index in [0.29, 0.717) is 34.7 Å². The summed E-state index contributed by atoms with van der Waals surface area (Å²) in [5.74, 6) is 1.07. The van der Waals surface area contributed by atoms with E-state index in [1.165, 1.54) is 12.1 Å². The quantitative estimate of drug-likeness (QED) is 0.240. The van der Waals surface area contributed by atoms with Gasteiger partial charge >= 0.3 is 6.61 Å². The molecule has 11 heteroatoms. The summed E-state index contributed by atoms with van der Waals surface area (Å²) in [6.45, 7) is -2.34. The van der Waals surface area contributed by atoms with Crippen LogP contribution in [0.2, 0.25) is 5.02 Å². The van der Waals surface area contributed by atoms with Crippen molar-refractivity contribution in [1.82, 2.24) is 15.6 Å². The number of thiophene rings is 1. The summed E-state index contributed by atoms with van der Waals surface area (Å²) in [5.41, 5.74) is 1.19. The predicted octanol–water partition coefficient (Wildman–Crippen LogP) is 5.14. The molecule has 0 saturated carbocycles. The number of aromatic nitrogens is 1. The van der Waals surface area contributed by atoms with E-state index in [2.05, 4.69) is 25.3 Å². The molecule has 0 spiro atoms. The van der Waals surface area contributed by atoms with Gasteiger partial charge in [-0.1, -0.05) is 17.7 Å². The second kappa shape index (κ2) is 11.3. The Morgan fingerprint density at radius 3 is 2.79 bits per heavy atom. The van der Waals surface area contributed by atoms with Crippen molar-refractivity contribution in [3.8, 4) is 16.5 Å². The highest BCUT2D eigenvalue weighted by Gasteiger charge is 2.12. The molecular weight excluding hydrogens is 537 g/mol. The average molecular weight is 555 g/mol. The molecule has 0 aliphatic heterocycles. The molecule has 6 nitrogen and oxygen atoms in total. The maximum Gasteiger partial charge on any atom is 0.387 e. The first-order chi connectivity index (χ1) is 13.5. The molecule has 2 heterocycles. The number of benzene rings is 1. The standard InChI is InChI=1S/C18H17ClF2N4O2S.HI/c1-22-18(23-8-11-7-12(19)4-5-14(11)27-17(20)21)24-9-13-10-26-16(25-13)15-3-2-6-28-15;/h2-7,10,17H,8-9H2,1H3,(H2,22,23,24);1H. The van der Waals surface area contributed by atoms with Crippen molar-refractivity contribution in [2.45, 2.75) is 19.7 Å². The normalized spacial score (nSPS) is 11.3. The lowest BCUT2D eigenvalue weighted by Crippen LogP contribution is -2.36. The summed E-state index contributed by atoms with van der Waals surface area (Å²) in [6, 6.07) is 8.31. The number of ether oxygens (including phenoxy) is 1. The van der Waals surface area contributed by atoms with E-state index in [1.54, 1.807) is 30.7 Å². The van der Waals surface area contributed by atoms with Gasteiger partial charge in [0, 0.05) is 24.2 Å². The lowest BCUT2D eigenvalue weighted by molar-refractivity contribution is -0.0504. The number of oxazole rings is 1. The van der Waals surface area contributed by atoms with Crippen LogP contribution in [0.15, 0.2) is 51.4 Å². The van der Waals surface area contributed by atoms with E-state index in [-0.39, 0.29) is 36.3 Å². The van der Waals surface area contributed by atoms with Crippen LogP contribution in [0, 0.1) is 0 Å². The van der Waals surface area contributed by atoms with E-state index < -0.39 is 6.61 Å². The molecule has 2 aromatic heterocycles. The summed E-state index contributed by atoms with van der Waals surface area (Å²) in [4.78, 5) is 9.46. The van der Waals surface area contributed by atoms with Crippen LogP contribution >= 0.6 is 46.9 Å². The smallest absolute Gasteiger partial charge is 0.387 e. The second-order valence-corrected chi connectivity index (χ2v) is 6.92. The van der Waals surface area contributed by atoms with Gasteiger partial charge in [-0.3, -0.25) is 4.99 Å². The molecule has 29 heavy (non-hydrogen) atoms. The fourth-order valence-corrected chi connectivity index (χ4v) is 3.22. The fourth-order valence-electron chi connectivity index (χ4n) is 2.37. The van der Waals surface area contributed by atoms with Crippen molar-refractivity contribution >= 4 is 52.9 Å². The van der Waals surface area contributed by atoms with E-state index in [1.807, 2.05) is 17.5 Å². The summed E-state index contributed by atoms with van der Waals surface area (Å²) >= 11 is 7.50. The van der Waals surface area contributed by atoms with Crippen LogP contribution in [0.4, 0.5) is 8.78 Å². The van der Waals surface area contributed by atoms with Gasteiger partial charge in [0.25, 0.3) is 0 Å². The monoisotopic (exact) mass is 554 g/mol. The number of hydrogen-bond acceptors (Lipinski definition) is 5. The number of halogens is 4. The second-order valence-electron chi connectivity index (χ2n) is 5.53. The molecule has 0 saturated heterocycles. The number of hydrogen-bond donors (Lipinski definition) is 2. The first-order valence-electron chi connectivity index (χ1n) is 8.21. The van der Waals surface area contributed by atoms with Gasteiger partial charge in [-0.15, -0.1) is 35.3 Å². The first-order valence-corrected chi connectivity index (χ1v) is 9.47.